The Hall–Kier alpha value is -4.29. The number of rotatable bonds is 5. The molecule has 0 fully saturated rings. The van der Waals surface area contributed by atoms with Gasteiger partial charge in [0, 0.05) is 6.07 Å². The Kier molecular flexibility index (Phi) is 5.82. The van der Waals surface area contributed by atoms with E-state index in [0.29, 0.717) is 48.2 Å². The number of hydrogen-bond acceptors (Lipinski definition) is 4. The summed E-state index contributed by atoms with van der Waals surface area (Å²) in [5.74, 6) is 1.80. The van der Waals surface area contributed by atoms with Crippen molar-refractivity contribution in [1.82, 2.24) is 0 Å². The third-order valence-electron chi connectivity index (χ3n) is 4.96. The first-order valence-electron chi connectivity index (χ1n) is 9.83. The van der Waals surface area contributed by atoms with Crippen molar-refractivity contribution in [3.8, 4) is 23.3 Å². The minimum Gasteiger partial charge on any atom is -0.490 e. The fourth-order valence-corrected chi connectivity index (χ4v) is 3.38. The van der Waals surface area contributed by atoms with Gasteiger partial charge in [0.2, 0.25) is 5.91 Å². The molecule has 1 aliphatic rings. The van der Waals surface area contributed by atoms with E-state index in [1.807, 2.05) is 24.3 Å². The zero-order valence-corrected chi connectivity index (χ0v) is 16.7. The lowest BCUT2D eigenvalue weighted by Gasteiger charge is -2.30. The number of benzene rings is 3. The molecule has 0 unspecified atom stereocenters. The van der Waals surface area contributed by atoms with Gasteiger partial charge >= 0.3 is 0 Å². The Bertz CT molecular complexity index is 1170. The van der Waals surface area contributed by atoms with Crippen molar-refractivity contribution in [3.63, 3.8) is 0 Å². The molecule has 0 bridgehead atoms. The lowest BCUT2D eigenvalue weighted by Crippen LogP contribution is -2.38. The SMILES string of the molecule is [C-]#[N+]c1ccc(Oc2ccc3c(c2)N(C(=O)Cc2ccc(CC#N)cc2)CCO3)cc1. The van der Waals surface area contributed by atoms with Crippen LogP contribution in [0.15, 0.2) is 66.7 Å². The maximum absolute atomic E-state index is 13.0. The van der Waals surface area contributed by atoms with Crippen LogP contribution in [0.3, 0.4) is 0 Å². The van der Waals surface area contributed by atoms with Crippen LogP contribution >= 0.6 is 0 Å². The number of hydrogen-bond donors (Lipinski definition) is 0. The first kappa shape index (κ1) is 20.0. The van der Waals surface area contributed by atoms with Crippen LogP contribution in [0.2, 0.25) is 0 Å². The molecule has 6 heteroatoms. The monoisotopic (exact) mass is 409 g/mol. The van der Waals surface area contributed by atoms with E-state index < -0.39 is 0 Å². The Morgan fingerprint density at radius 3 is 2.48 bits per heavy atom. The van der Waals surface area contributed by atoms with Crippen LogP contribution in [0.5, 0.6) is 17.2 Å². The summed E-state index contributed by atoms with van der Waals surface area (Å²) >= 11 is 0. The van der Waals surface area contributed by atoms with E-state index >= 15 is 0 Å². The van der Waals surface area contributed by atoms with Gasteiger partial charge in [-0.05, 0) is 35.4 Å². The summed E-state index contributed by atoms with van der Waals surface area (Å²) < 4.78 is 11.6. The van der Waals surface area contributed by atoms with Gasteiger partial charge in [0.15, 0.2) is 5.69 Å². The van der Waals surface area contributed by atoms with Gasteiger partial charge in [-0.2, -0.15) is 5.26 Å². The molecule has 152 valence electrons. The van der Waals surface area contributed by atoms with Gasteiger partial charge in [0.1, 0.15) is 23.9 Å². The van der Waals surface area contributed by atoms with Crippen molar-refractivity contribution in [2.75, 3.05) is 18.1 Å². The summed E-state index contributed by atoms with van der Waals surface area (Å²) in [7, 11) is 0. The van der Waals surface area contributed by atoms with Gasteiger partial charge in [-0.15, -0.1) is 0 Å². The summed E-state index contributed by atoms with van der Waals surface area (Å²) in [5, 5.41) is 8.79. The average Bonchev–Trinajstić information content (AvgIpc) is 2.80. The zero-order valence-electron chi connectivity index (χ0n) is 16.7. The number of nitrogens with zero attached hydrogens (tertiary/aromatic N) is 3. The predicted octanol–water partition coefficient (Wildman–Crippen LogP) is 5.06. The number of nitriles is 1. The zero-order chi connectivity index (χ0) is 21.6. The van der Waals surface area contributed by atoms with Crippen LogP contribution < -0.4 is 14.4 Å². The first-order chi connectivity index (χ1) is 15.2. The molecular formula is C25H19N3O3. The molecule has 0 N–H and O–H groups in total. The third-order valence-corrected chi connectivity index (χ3v) is 4.96. The molecule has 0 aromatic heterocycles. The number of fused-ring (bicyclic) bond motifs is 1. The molecule has 3 aromatic carbocycles. The van der Waals surface area contributed by atoms with Crippen molar-refractivity contribution < 1.29 is 14.3 Å². The normalized spacial score (nSPS) is 12.1. The van der Waals surface area contributed by atoms with Gasteiger partial charge < -0.3 is 14.4 Å². The van der Waals surface area contributed by atoms with E-state index in [4.69, 9.17) is 21.3 Å². The Labute approximate surface area is 180 Å². The molecule has 0 spiro atoms. The standard InChI is InChI=1S/C25H19N3O3/c1-27-20-6-8-21(9-7-20)31-22-10-11-24-23(17-22)28(14-15-30-24)25(29)16-19-4-2-18(3-5-19)12-13-26/h2-11,17H,12,14-16H2. The highest BCUT2D eigenvalue weighted by atomic mass is 16.5. The number of amides is 1. The molecule has 0 saturated carbocycles. The maximum atomic E-state index is 13.0. The highest BCUT2D eigenvalue weighted by Gasteiger charge is 2.24. The summed E-state index contributed by atoms with van der Waals surface area (Å²) in [4.78, 5) is 18.1. The van der Waals surface area contributed by atoms with E-state index in [1.54, 1.807) is 47.4 Å². The minimum absolute atomic E-state index is 0.0313. The van der Waals surface area contributed by atoms with E-state index in [-0.39, 0.29) is 12.3 Å². The van der Waals surface area contributed by atoms with E-state index in [2.05, 4.69) is 10.9 Å². The van der Waals surface area contributed by atoms with Crippen LogP contribution in [0.1, 0.15) is 11.1 Å². The molecule has 0 saturated heterocycles. The van der Waals surface area contributed by atoms with Gasteiger partial charge in [0.05, 0.1) is 37.7 Å². The van der Waals surface area contributed by atoms with Crippen LogP contribution in [0.25, 0.3) is 4.85 Å². The molecular weight excluding hydrogens is 390 g/mol. The molecule has 0 aliphatic carbocycles. The largest absolute Gasteiger partial charge is 0.490 e. The summed E-state index contributed by atoms with van der Waals surface area (Å²) in [5.41, 5.74) is 3.05. The van der Waals surface area contributed by atoms with Crippen LogP contribution in [0.4, 0.5) is 11.4 Å². The minimum atomic E-state index is -0.0313. The van der Waals surface area contributed by atoms with Crippen molar-refractivity contribution in [3.05, 3.63) is 89.3 Å². The molecule has 1 aliphatic heterocycles. The molecule has 1 heterocycles. The Balaban J connectivity index is 1.51. The van der Waals surface area contributed by atoms with Crippen LogP contribution in [-0.4, -0.2) is 19.1 Å². The number of carbonyl (C=O) groups is 1. The quantitative estimate of drug-likeness (QED) is 0.552. The topological polar surface area (TPSA) is 66.9 Å². The molecule has 4 rings (SSSR count). The Morgan fingerprint density at radius 1 is 1.06 bits per heavy atom. The predicted molar refractivity (Wildman–Crippen MR) is 117 cm³/mol. The van der Waals surface area contributed by atoms with Crippen molar-refractivity contribution in [2.45, 2.75) is 12.8 Å². The fourth-order valence-electron chi connectivity index (χ4n) is 3.38. The second kappa shape index (κ2) is 9.02. The average molecular weight is 409 g/mol. The summed E-state index contributed by atoms with van der Waals surface area (Å²) in [6, 6.07) is 21.9. The molecule has 0 radical (unpaired) electrons. The van der Waals surface area contributed by atoms with Crippen LogP contribution in [-0.2, 0) is 17.6 Å². The smallest absolute Gasteiger partial charge is 0.231 e. The first-order valence-corrected chi connectivity index (χ1v) is 9.83. The van der Waals surface area contributed by atoms with Gasteiger partial charge in [-0.1, -0.05) is 36.4 Å². The molecule has 31 heavy (non-hydrogen) atoms. The molecule has 0 atom stereocenters. The van der Waals surface area contributed by atoms with Crippen molar-refractivity contribution >= 4 is 17.3 Å². The fraction of sp³-hybridized carbons (Fsp3) is 0.160. The van der Waals surface area contributed by atoms with Crippen LogP contribution in [0, 0.1) is 17.9 Å². The molecule has 1 amide bonds. The molecule has 3 aromatic rings. The second-order valence-electron chi connectivity index (χ2n) is 7.06. The Morgan fingerprint density at radius 2 is 1.77 bits per heavy atom. The second-order valence-corrected chi connectivity index (χ2v) is 7.06. The lowest BCUT2D eigenvalue weighted by molar-refractivity contribution is -0.118. The third kappa shape index (κ3) is 4.66. The number of ether oxygens (including phenoxy) is 2. The van der Waals surface area contributed by atoms with Crippen molar-refractivity contribution in [2.24, 2.45) is 0 Å². The van der Waals surface area contributed by atoms with E-state index in [9.17, 15) is 4.79 Å². The highest BCUT2D eigenvalue weighted by molar-refractivity contribution is 5.96. The number of carbonyl (C=O) groups excluding carboxylic acids is 1. The molecule has 6 nitrogen and oxygen atoms in total. The van der Waals surface area contributed by atoms with Gasteiger partial charge in [-0.3, -0.25) is 4.79 Å². The number of anilines is 1. The van der Waals surface area contributed by atoms with E-state index in [1.165, 1.54) is 0 Å². The highest BCUT2D eigenvalue weighted by Crippen LogP contribution is 2.37. The lowest BCUT2D eigenvalue weighted by atomic mass is 10.1. The summed E-state index contributed by atoms with van der Waals surface area (Å²) in [6.07, 6.45) is 0.615. The van der Waals surface area contributed by atoms with Gasteiger partial charge in [0.25, 0.3) is 0 Å². The van der Waals surface area contributed by atoms with Gasteiger partial charge in [-0.25, -0.2) is 4.85 Å². The van der Waals surface area contributed by atoms with Crippen molar-refractivity contribution in [1.29, 1.82) is 5.26 Å². The van der Waals surface area contributed by atoms with E-state index in [0.717, 1.165) is 11.1 Å². The maximum Gasteiger partial charge on any atom is 0.231 e. The summed E-state index contributed by atoms with van der Waals surface area (Å²) in [6.45, 7) is 7.92.